The zero-order valence-corrected chi connectivity index (χ0v) is 12.3. The van der Waals surface area contributed by atoms with Gasteiger partial charge in [0.05, 0.1) is 0 Å². The van der Waals surface area contributed by atoms with E-state index in [1.165, 1.54) is 11.1 Å². The van der Waals surface area contributed by atoms with Crippen molar-refractivity contribution in [2.45, 2.75) is 40.0 Å². The standard InChI is InChI=1S/C15H19BrO/c1-11-8-13(17)9-14(2,3)15(11)6-4-12(10-16)5-7-15/h4,6,8,10H,5,7,9H2,1-3H3. The first kappa shape index (κ1) is 12.8. The molecule has 17 heavy (non-hydrogen) atoms. The highest BCUT2D eigenvalue weighted by molar-refractivity contribution is 9.11. The molecule has 0 N–H and O–H groups in total. The van der Waals surface area contributed by atoms with Crippen LogP contribution in [0.1, 0.15) is 40.0 Å². The summed E-state index contributed by atoms with van der Waals surface area (Å²) in [6, 6.07) is 0. The average Bonchev–Trinajstić information content (AvgIpc) is 2.26. The van der Waals surface area contributed by atoms with Crippen LogP contribution in [0.3, 0.4) is 0 Å². The molecule has 0 fully saturated rings. The maximum atomic E-state index is 11.7. The number of hydrogen-bond acceptors (Lipinski definition) is 1. The molecular weight excluding hydrogens is 276 g/mol. The van der Waals surface area contributed by atoms with Crippen molar-refractivity contribution in [3.05, 3.63) is 34.4 Å². The van der Waals surface area contributed by atoms with E-state index in [-0.39, 0.29) is 16.6 Å². The molecule has 2 aliphatic carbocycles. The van der Waals surface area contributed by atoms with Gasteiger partial charge in [-0.25, -0.2) is 0 Å². The summed E-state index contributed by atoms with van der Waals surface area (Å²) in [5.41, 5.74) is 2.65. The first-order valence-corrected chi connectivity index (χ1v) is 7.03. The highest BCUT2D eigenvalue weighted by Gasteiger charge is 2.48. The Morgan fingerprint density at radius 2 is 2.12 bits per heavy atom. The molecule has 2 rings (SSSR count). The molecular formula is C15H19BrO. The Bertz CT molecular complexity index is 440. The molecule has 0 saturated heterocycles. The summed E-state index contributed by atoms with van der Waals surface area (Å²) in [5, 5.41) is 0. The van der Waals surface area contributed by atoms with E-state index in [0.29, 0.717) is 6.42 Å². The van der Waals surface area contributed by atoms with Crippen LogP contribution in [0.4, 0.5) is 0 Å². The van der Waals surface area contributed by atoms with Crippen molar-refractivity contribution in [1.29, 1.82) is 0 Å². The first-order valence-electron chi connectivity index (χ1n) is 6.11. The molecule has 0 aromatic carbocycles. The predicted octanol–water partition coefficient (Wildman–Crippen LogP) is 4.55. The molecule has 0 heterocycles. The van der Waals surface area contributed by atoms with Crippen LogP contribution in [0.15, 0.2) is 34.4 Å². The second-order valence-electron chi connectivity index (χ2n) is 5.84. The van der Waals surface area contributed by atoms with E-state index in [1.807, 2.05) is 11.1 Å². The number of allylic oxidation sites excluding steroid dienone is 5. The molecule has 0 saturated carbocycles. The molecule has 1 unspecified atom stereocenters. The number of carbonyl (C=O) groups excluding carboxylic acids is 1. The van der Waals surface area contributed by atoms with Gasteiger partial charge in [0.1, 0.15) is 0 Å². The van der Waals surface area contributed by atoms with E-state index in [2.05, 4.69) is 48.9 Å². The van der Waals surface area contributed by atoms with Crippen LogP contribution in [0.2, 0.25) is 0 Å². The summed E-state index contributed by atoms with van der Waals surface area (Å²) < 4.78 is 0. The zero-order chi connectivity index (χ0) is 12.7. The molecule has 0 aromatic rings. The Hall–Kier alpha value is -0.630. The quantitative estimate of drug-likeness (QED) is 0.641. The summed E-state index contributed by atoms with van der Waals surface area (Å²) in [6.45, 7) is 6.54. The Balaban J connectivity index is 2.49. The largest absolute Gasteiger partial charge is 0.295 e. The predicted molar refractivity (Wildman–Crippen MR) is 75.0 cm³/mol. The van der Waals surface area contributed by atoms with Crippen LogP contribution in [0.5, 0.6) is 0 Å². The van der Waals surface area contributed by atoms with Crippen molar-refractivity contribution in [1.82, 2.24) is 0 Å². The van der Waals surface area contributed by atoms with Gasteiger partial charge in [-0.2, -0.15) is 0 Å². The molecule has 1 atom stereocenters. The van der Waals surface area contributed by atoms with Gasteiger partial charge in [-0.3, -0.25) is 4.79 Å². The van der Waals surface area contributed by atoms with Crippen LogP contribution in [-0.2, 0) is 4.79 Å². The third kappa shape index (κ3) is 1.97. The molecule has 0 radical (unpaired) electrons. The fraction of sp³-hybridized carbons (Fsp3) is 0.533. The van der Waals surface area contributed by atoms with Crippen LogP contribution < -0.4 is 0 Å². The van der Waals surface area contributed by atoms with Crippen molar-refractivity contribution in [2.24, 2.45) is 10.8 Å². The van der Waals surface area contributed by atoms with Crippen molar-refractivity contribution in [2.75, 3.05) is 0 Å². The Morgan fingerprint density at radius 3 is 2.59 bits per heavy atom. The molecule has 2 heteroatoms. The van der Waals surface area contributed by atoms with Crippen molar-refractivity contribution >= 4 is 21.7 Å². The smallest absolute Gasteiger partial charge is 0.156 e. The molecule has 92 valence electrons. The highest BCUT2D eigenvalue weighted by Crippen LogP contribution is 2.56. The van der Waals surface area contributed by atoms with E-state index in [4.69, 9.17) is 0 Å². The Kier molecular flexibility index (Phi) is 3.19. The summed E-state index contributed by atoms with van der Waals surface area (Å²) >= 11 is 3.39. The van der Waals surface area contributed by atoms with E-state index in [9.17, 15) is 4.79 Å². The van der Waals surface area contributed by atoms with Gasteiger partial charge in [0.2, 0.25) is 0 Å². The second kappa shape index (κ2) is 4.24. The lowest BCUT2D eigenvalue weighted by Gasteiger charge is -2.50. The van der Waals surface area contributed by atoms with Crippen LogP contribution in [0, 0.1) is 10.8 Å². The Morgan fingerprint density at radius 1 is 1.41 bits per heavy atom. The van der Waals surface area contributed by atoms with E-state index in [1.54, 1.807) is 0 Å². The van der Waals surface area contributed by atoms with E-state index in [0.717, 1.165) is 12.8 Å². The number of rotatable bonds is 0. The molecule has 2 aliphatic rings. The van der Waals surface area contributed by atoms with E-state index < -0.39 is 0 Å². The number of ketones is 1. The third-order valence-electron chi connectivity index (χ3n) is 4.44. The van der Waals surface area contributed by atoms with Crippen molar-refractivity contribution < 1.29 is 4.79 Å². The zero-order valence-electron chi connectivity index (χ0n) is 10.7. The fourth-order valence-electron chi connectivity index (χ4n) is 3.29. The first-order chi connectivity index (χ1) is 7.91. The SMILES string of the molecule is CC1=CC(=O)CC(C)(C)C12C=CC(=CBr)CC2. The van der Waals surface area contributed by atoms with Crippen molar-refractivity contribution in [3.8, 4) is 0 Å². The lowest BCUT2D eigenvalue weighted by Crippen LogP contribution is -2.43. The molecule has 0 aliphatic heterocycles. The number of halogens is 1. The second-order valence-corrected chi connectivity index (χ2v) is 6.30. The maximum absolute atomic E-state index is 11.7. The molecule has 1 nitrogen and oxygen atoms in total. The number of carbonyl (C=O) groups is 1. The van der Waals surface area contributed by atoms with Crippen molar-refractivity contribution in [3.63, 3.8) is 0 Å². The van der Waals surface area contributed by atoms with Crippen LogP contribution in [-0.4, -0.2) is 5.78 Å². The Labute approximate surface area is 112 Å². The van der Waals surface area contributed by atoms with Gasteiger partial charge in [0.25, 0.3) is 0 Å². The summed E-state index contributed by atoms with van der Waals surface area (Å²) in [4.78, 5) is 13.7. The van der Waals surface area contributed by atoms with Gasteiger partial charge in [-0.05, 0) is 41.8 Å². The topological polar surface area (TPSA) is 17.1 Å². The normalized spacial score (nSPS) is 34.2. The maximum Gasteiger partial charge on any atom is 0.156 e. The van der Waals surface area contributed by atoms with Gasteiger partial charge < -0.3 is 0 Å². The molecule has 1 spiro atoms. The molecule has 0 amide bonds. The number of hydrogen-bond donors (Lipinski definition) is 0. The highest BCUT2D eigenvalue weighted by atomic mass is 79.9. The third-order valence-corrected chi connectivity index (χ3v) is 5.02. The van der Waals surface area contributed by atoms with Gasteiger partial charge in [-0.15, -0.1) is 0 Å². The van der Waals surface area contributed by atoms with Gasteiger partial charge in [-0.1, -0.05) is 47.5 Å². The van der Waals surface area contributed by atoms with Crippen LogP contribution >= 0.6 is 15.9 Å². The van der Waals surface area contributed by atoms with Gasteiger partial charge in [0.15, 0.2) is 5.78 Å². The summed E-state index contributed by atoms with van der Waals surface area (Å²) in [6.07, 6.45) is 9.18. The van der Waals surface area contributed by atoms with Crippen LogP contribution in [0.25, 0.3) is 0 Å². The van der Waals surface area contributed by atoms with Gasteiger partial charge in [0, 0.05) is 11.8 Å². The minimum absolute atomic E-state index is 0.0251. The lowest BCUT2D eigenvalue weighted by molar-refractivity contribution is -0.118. The molecule has 0 bridgehead atoms. The summed E-state index contributed by atoms with van der Waals surface area (Å²) in [5.74, 6) is 0.272. The van der Waals surface area contributed by atoms with Gasteiger partial charge >= 0.3 is 0 Å². The molecule has 0 aromatic heterocycles. The fourth-order valence-corrected chi connectivity index (χ4v) is 3.67. The minimum atomic E-state index is 0.0251. The minimum Gasteiger partial charge on any atom is -0.295 e. The summed E-state index contributed by atoms with van der Waals surface area (Å²) in [7, 11) is 0. The monoisotopic (exact) mass is 294 g/mol. The average molecular weight is 295 g/mol. The lowest BCUT2D eigenvalue weighted by atomic mass is 9.54. The van der Waals surface area contributed by atoms with E-state index >= 15 is 0 Å².